The van der Waals surface area contributed by atoms with Crippen molar-refractivity contribution in [3.63, 3.8) is 0 Å². The Morgan fingerprint density at radius 2 is 2.18 bits per heavy atom. The lowest BCUT2D eigenvalue weighted by Crippen LogP contribution is -2.45. The fraction of sp³-hybridized carbons (Fsp3) is 0.500. The van der Waals surface area contributed by atoms with Crippen LogP contribution in [0.4, 0.5) is 0 Å². The van der Waals surface area contributed by atoms with E-state index in [1.165, 1.54) is 24.0 Å². The lowest BCUT2D eigenvalue weighted by atomic mass is 9.69. The van der Waals surface area contributed by atoms with E-state index in [0.29, 0.717) is 5.88 Å². The molecule has 1 aromatic heterocycles. The van der Waals surface area contributed by atoms with Crippen LogP contribution in [-0.2, 0) is 6.42 Å². The molecule has 3 aliphatic rings. The summed E-state index contributed by atoms with van der Waals surface area (Å²) in [4.78, 5) is 8.37. The Bertz CT molecular complexity index is 741. The maximum Gasteiger partial charge on any atom is 0.235 e. The molecule has 4 nitrogen and oxygen atoms in total. The van der Waals surface area contributed by atoms with Crippen molar-refractivity contribution in [3.8, 4) is 11.9 Å². The average molecular weight is 293 g/mol. The molecule has 1 aromatic rings. The predicted molar refractivity (Wildman–Crippen MR) is 82.3 cm³/mol. The summed E-state index contributed by atoms with van der Waals surface area (Å²) < 4.78 is 6.44. The standard InChI is InChI=1S/C18H19N3O/c1-12-4-2-5-13-6-3-8-18(16(12)13)9-7-14-11-20-15(10-19)21-17(14)22-18/h4,11H,2-3,5-9H2,1H3. The first kappa shape index (κ1) is 13.5. The summed E-state index contributed by atoms with van der Waals surface area (Å²) in [7, 11) is 0. The Balaban J connectivity index is 1.79. The first-order valence-corrected chi connectivity index (χ1v) is 8.06. The fourth-order valence-corrected chi connectivity index (χ4v) is 4.24. The molecule has 112 valence electrons. The van der Waals surface area contributed by atoms with E-state index in [-0.39, 0.29) is 11.4 Å². The zero-order valence-corrected chi connectivity index (χ0v) is 12.9. The highest BCUT2D eigenvalue weighted by Crippen LogP contribution is 2.48. The highest BCUT2D eigenvalue weighted by Gasteiger charge is 2.44. The highest BCUT2D eigenvalue weighted by molar-refractivity contribution is 5.48. The van der Waals surface area contributed by atoms with Gasteiger partial charge in [-0.15, -0.1) is 0 Å². The maximum atomic E-state index is 9.02. The molecule has 0 N–H and O–H groups in total. The van der Waals surface area contributed by atoms with E-state index in [0.717, 1.165) is 37.7 Å². The largest absolute Gasteiger partial charge is 0.466 e. The smallest absolute Gasteiger partial charge is 0.235 e. The minimum Gasteiger partial charge on any atom is -0.466 e. The highest BCUT2D eigenvalue weighted by atomic mass is 16.5. The zero-order chi connectivity index (χ0) is 15.2. The van der Waals surface area contributed by atoms with Crippen molar-refractivity contribution in [2.45, 2.75) is 57.5 Å². The number of allylic oxidation sites excluding steroid dienone is 2. The number of nitrogens with zero attached hydrogens (tertiary/aromatic N) is 3. The number of ether oxygens (including phenoxy) is 1. The Labute approximate surface area is 130 Å². The average Bonchev–Trinajstić information content (AvgIpc) is 2.54. The van der Waals surface area contributed by atoms with Gasteiger partial charge >= 0.3 is 0 Å². The van der Waals surface area contributed by atoms with Gasteiger partial charge in [-0.25, -0.2) is 4.98 Å². The van der Waals surface area contributed by atoms with Gasteiger partial charge in [0, 0.05) is 11.8 Å². The van der Waals surface area contributed by atoms with Crippen LogP contribution < -0.4 is 4.74 Å². The third-order valence-electron chi connectivity index (χ3n) is 5.17. The summed E-state index contributed by atoms with van der Waals surface area (Å²) in [5.41, 5.74) is 5.16. The summed E-state index contributed by atoms with van der Waals surface area (Å²) in [6.45, 7) is 2.21. The van der Waals surface area contributed by atoms with Gasteiger partial charge in [0.2, 0.25) is 11.7 Å². The number of hydrogen-bond donors (Lipinski definition) is 0. The van der Waals surface area contributed by atoms with E-state index in [1.54, 1.807) is 11.8 Å². The number of fused-ring (bicyclic) bond motifs is 2. The van der Waals surface area contributed by atoms with Gasteiger partial charge in [-0.05, 0) is 63.0 Å². The first-order chi connectivity index (χ1) is 10.7. The van der Waals surface area contributed by atoms with Gasteiger partial charge in [-0.2, -0.15) is 10.2 Å². The van der Waals surface area contributed by atoms with Crippen LogP contribution in [0.1, 0.15) is 56.8 Å². The molecule has 22 heavy (non-hydrogen) atoms. The van der Waals surface area contributed by atoms with Gasteiger partial charge in [0.15, 0.2) is 0 Å². The van der Waals surface area contributed by atoms with Crippen LogP contribution in [0, 0.1) is 11.3 Å². The molecular formula is C18H19N3O. The molecule has 1 unspecified atom stereocenters. The van der Waals surface area contributed by atoms with Crippen molar-refractivity contribution in [1.82, 2.24) is 9.97 Å². The molecule has 2 aliphatic carbocycles. The summed E-state index contributed by atoms with van der Waals surface area (Å²) >= 11 is 0. The third-order valence-corrected chi connectivity index (χ3v) is 5.17. The molecule has 4 rings (SSSR count). The lowest BCUT2D eigenvalue weighted by Gasteiger charge is -2.45. The van der Waals surface area contributed by atoms with Gasteiger partial charge in [-0.1, -0.05) is 11.6 Å². The van der Waals surface area contributed by atoms with Gasteiger partial charge < -0.3 is 4.74 Å². The SMILES string of the molecule is CC1=CCCC2=C1C1(CCC2)CCc2cnc(C#N)nc2O1. The second-order valence-electron chi connectivity index (χ2n) is 6.49. The van der Waals surface area contributed by atoms with Crippen LogP contribution in [0.25, 0.3) is 0 Å². The third kappa shape index (κ3) is 1.96. The number of nitriles is 1. The van der Waals surface area contributed by atoms with Crippen molar-refractivity contribution in [1.29, 1.82) is 5.26 Å². The molecule has 1 aliphatic heterocycles. The Morgan fingerprint density at radius 1 is 1.27 bits per heavy atom. The molecule has 0 saturated carbocycles. The van der Waals surface area contributed by atoms with Crippen LogP contribution in [0.5, 0.6) is 5.88 Å². The van der Waals surface area contributed by atoms with E-state index in [1.807, 2.05) is 6.07 Å². The van der Waals surface area contributed by atoms with E-state index in [2.05, 4.69) is 23.0 Å². The van der Waals surface area contributed by atoms with Crippen molar-refractivity contribution in [2.24, 2.45) is 0 Å². The van der Waals surface area contributed by atoms with E-state index in [9.17, 15) is 0 Å². The topological polar surface area (TPSA) is 58.8 Å². The van der Waals surface area contributed by atoms with Crippen LogP contribution in [0.3, 0.4) is 0 Å². The van der Waals surface area contributed by atoms with Crippen molar-refractivity contribution < 1.29 is 4.74 Å². The van der Waals surface area contributed by atoms with E-state index in [4.69, 9.17) is 10.00 Å². The molecule has 0 aromatic carbocycles. The predicted octanol–water partition coefficient (Wildman–Crippen LogP) is 3.63. The lowest BCUT2D eigenvalue weighted by molar-refractivity contribution is 0.0596. The number of hydrogen-bond acceptors (Lipinski definition) is 4. The second kappa shape index (κ2) is 4.95. The summed E-state index contributed by atoms with van der Waals surface area (Å²) in [6.07, 6.45) is 11.7. The molecule has 1 spiro atoms. The van der Waals surface area contributed by atoms with Crippen LogP contribution in [-0.4, -0.2) is 15.6 Å². The van der Waals surface area contributed by atoms with Crippen LogP contribution >= 0.6 is 0 Å². The molecule has 0 fully saturated rings. The Hall–Kier alpha value is -2.15. The van der Waals surface area contributed by atoms with Gasteiger partial charge in [-0.3, -0.25) is 0 Å². The Morgan fingerprint density at radius 3 is 3.05 bits per heavy atom. The number of aromatic nitrogens is 2. The van der Waals surface area contributed by atoms with Crippen molar-refractivity contribution in [2.75, 3.05) is 0 Å². The van der Waals surface area contributed by atoms with Gasteiger partial charge in [0.05, 0.1) is 0 Å². The second-order valence-corrected chi connectivity index (χ2v) is 6.49. The van der Waals surface area contributed by atoms with Crippen molar-refractivity contribution in [3.05, 3.63) is 40.4 Å². The summed E-state index contributed by atoms with van der Waals surface area (Å²) in [5, 5.41) is 9.02. The normalized spacial score (nSPS) is 26.6. The van der Waals surface area contributed by atoms with Gasteiger partial charge in [0.25, 0.3) is 0 Å². The molecule has 0 amide bonds. The van der Waals surface area contributed by atoms with Crippen molar-refractivity contribution >= 4 is 0 Å². The molecule has 1 atom stereocenters. The minimum atomic E-state index is -0.233. The zero-order valence-electron chi connectivity index (χ0n) is 12.9. The van der Waals surface area contributed by atoms with Crippen LogP contribution in [0.15, 0.2) is 29.0 Å². The molecule has 0 bridgehead atoms. The van der Waals surface area contributed by atoms with E-state index >= 15 is 0 Å². The number of rotatable bonds is 0. The van der Waals surface area contributed by atoms with Gasteiger partial charge in [0.1, 0.15) is 11.7 Å². The fourth-order valence-electron chi connectivity index (χ4n) is 4.24. The summed E-state index contributed by atoms with van der Waals surface area (Å²) in [5.74, 6) is 0.807. The maximum absolute atomic E-state index is 9.02. The minimum absolute atomic E-state index is 0.191. The summed E-state index contributed by atoms with van der Waals surface area (Å²) in [6, 6.07) is 2.01. The quantitative estimate of drug-likeness (QED) is 0.733. The monoisotopic (exact) mass is 293 g/mol. The molecule has 4 heteroatoms. The Kier molecular flexibility index (Phi) is 3.04. The molecule has 0 radical (unpaired) electrons. The molecule has 0 saturated heterocycles. The molecular weight excluding hydrogens is 274 g/mol. The number of aryl methyl sites for hydroxylation is 1. The first-order valence-electron chi connectivity index (χ1n) is 8.06. The molecule has 2 heterocycles. The van der Waals surface area contributed by atoms with E-state index < -0.39 is 0 Å². The van der Waals surface area contributed by atoms with Crippen LogP contribution in [0.2, 0.25) is 0 Å².